The van der Waals surface area contributed by atoms with Crippen molar-refractivity contribution >= 4 is 27.6 Å². The molecule has 0 saturated carbocycles. The van der Waals surface area contributed by atoms with E-state index in [2.05, 4.69) is 15.3 Å². The summed E-state index contributed by atoms with van der Waals surface area (Å²) in [6.07, 6.45) is -2.15. The molecule has 1 aliphatic rings. The predicted molar refractivity (Wildman–Crippen MR) is 124 cm³/mol. The van der Waals surface area contributed by atoms with Crippen LogP contribution in [0.2, 0.25) is 0 Å². The minimum absolute atomic E-state index is 0.0879. The van der Waals surface area contributed by atoms with Crippen LogP contribution in [-0.4, -0.2) is 61.6 Å². The van der Waals surface area contributed by atoms with Gasteiger partial charge in [-0.2, -0.15) is 0 Å². The third kappa shape index (κ3) is 3.87. The average Bonchev–Trinajstić information content (AvgIpc) is 2.85. The van der Waals surface area contributed by atoms with Crippen molar-refractivity contribution in [1.29, 1.82) is 0 Å². The van der Waals surface area contributed by atoms with Crippen molar-refractivity contribution in [3.8, 4) is 0 Å². The maximum Gasteiger partial charge on any atom is 0.328 e. The van der Waals surface area contributed by atoms with Gasteiger partial charge in [0.2, 0.25) is 0 Å². The SMILES string of the molecule is O=C(N[C@@H]1CO[C@H](Cn2c(=O)[nH]c(=O)c3ccccc32)[C@@H](O)[C@H]1O)c1nccc2ccccc12. The number of pyridine rings is 1. The molecule has 2 aromatic heterocycles. The van der Waals surface area contributed by atoms with E-state index in [0.29, 0.717) is 16.3 Å². The van der Waals surface area contributed by atoms with Crippen LogP contribution in [0, 0.1) is 0 Å². The Kier molecular flexibility index (Phi) is 5.70. The second-order valence-electron chi connectivity index (χ2n) is 8.20. The molecule has 4 N–H and O–H groups in total. The summed E-state index contributed by atoms with van der Waals surface area (Å²) in [5, 5.41) is 25.9. The minimum atomic E-state index is -1.39. The molecule has 0 aliphatic carbocycles. The van der Waals surface area contributed by atoms with Gasteiger partial charge in [0.05, 0.1) is 30.1 Å². The molecular weight excluding hydrogens is 440 g/mol. The number of hydrogen-bond donors (Lipinski definition) is 4. The van der Waals surface area contributed by atoms with Gasteiger partial charge in [-0.25, -0.2) is 4.79 Å². The normalized spacial score (nSPS) is 22.6. The summed E-state index contributed by atoms with van der Waals surface area (Å²) in [7, 11) is 0. The summed E-state index contributed by atoms with van der Waals surface area (Å²) < 4.78 is 7.03. The molecule has 10 heteroatoms. The van der Waals surface area contributed by atoms with Gasteiger partial charge in [-0.3, -0.25) is 24.1 Å². The van der Waals surface area contributed by atoms with Gasteiger partial charge in [-0.15, -0.1) is 0 Å². The number of aromatic amines is 1. The number of aromatic nitrogens is 3. The van der Waals surface area contributed by atoms with Crippen LogP contribution >= 0.6 is 0 Å². The number of para-hydroxylation sites is 1. The maximum absolute atomic E-state index is 12.9. The van der Waals surface area contributed by atoms with Crippen LogP contribution in [0.15, 0.2) is 70.4 Å². The Morgan fingerprint density at radius 2 is 1.79 bits per heavy atom. The molecule has 10 nitrogen and oxygen atoms in total. The number of H-pyrrole nitrogens is 1. The molecule has 4 atom stereocenters. The summed E-state index contributed by atoms with van der Waals surface area (Å²) in [5.41, 5.74) is -0.564. The molecule has 0 bridgehead atoms. The summed E-state index contributed by atoms with van der Waals surface area (Å²) in [6, 6.07) is 14.8. The fraction of sp³-hybridized carbons (Fsp3) is 0.250. The van der Waals surface area contributed by atoms with Crippen molar-refractivity contribution in [3.63, 3.8) is 0 Å². The lowest BCUT2D eigenvalue weighted by Gasteiger charge is -2.38. The van der Waals surface area contributed by atoms with Crippen LogP contribution in [0.5, 0.6) is 0 Å². The topological polar surface area (TPSA) is 147 Å². The maximum atomic E-state index is 12.9. The Labute approximate surface area is 192 Å². The van der Waals surface area contributed by atoms with Gasteiger partial charge in [0.25, 0.3) is 11.5 Å². The molecule has 4 aromatic rings. The fourth-order valence-corrected chi connectivity index (χ4v) is 4.31. The molecule has 5 rings (SSSR count). The molecule has 174 valence electrons. The molecule has 34 heavy (non-hydrogen) atoms. The monoisotopic (exact) mass is 462 g/mol. The van der Waals surface area contributed by atoms with Gasteiger partial charge in [-0.1, -0.05) is 36.4 Å². The standard InChI is InChI=1S/C24H22N4O6/c29-20-16(26-23(32)19-14-6-2-1-5-13(14)9-10-25-19)12-34-18(21(20)30)11-28-17-8-4-3-7-15(17)22(31)27-24(28)33/h1-10,16,18,20-21,29-30H,11-12H2,(H,26,32)(H,27,31,33)/t16-,18-,20+,21-/m1/s1. The number of carbonyl (C=O) groups is 1. The number of benzene rings is 2. The molecule has 1 amide bonds. The Morgan fingerprint density at radius 3 is 2.62 bits per heavy atom. The highest BCUT2D eigenvalue weighted by molar-refractivity contribution is 6.05. The van der Waals surface area contributed by atoms with Crippen molar-refractivity contribution in [3.05, 3.63) is 87.3 Å². The van der Waals surface area contributed by atoms with Crippen LogP contribution in [0.3, 0.4) is 0 Å². The van der Waals surface area contributed by atoms with Crippen molar-refractivity contribution < 1.29 is 19.7 Å². The first-order valence-electron chi connectivity index (χ1n) is 10.8. The molecule has 2 aromatic carbocycles. The van der Waals surface area contributed by atoms with E-state index >= 15 is 0 Å². The van der Waals surface area contributed by atoms with Gasteiger partial charge in [0.15, 0.2) is 0 Å². The third-order valence-electron chi connectivity index (χ3n) is 6.11. The van der Waals surface area contributed by atoms with E-state index in [9.17, 15) is 24.6 Å². The van der Waals surface area contributed by atoms with Crippen LogP contribution in [-0.2, 0) is 11.3 Å². The smallest absolute Gasteiger partial charge is 0.328 e. The number of aliphatic hydroxyl groups is 2. The fourth-order valence-electron chi connectivity index (χ4n) is 4.31. The van der Waals surface area contributed by atoms with E-state index in [0.717, 1.165) is 5.39 Å². The van der Waals surface area contributed by atoms with Gasteiger partial charge in [0.1, 0.15) is 24.0 Å². The number of rotatable bonds is 4. The van der Waals surface area contributed by atoms with E-state index < -0.39 is 41.5 Å². The summed E-state index contributed by atoms with van der Waals surface area (Å²) >= 11 is 0. The number of ether oxygens (including phenoxy) is 1. The Balaban J connectivity index is 1.34. The van der Waals surface area contributed by atoms with Crippen LogP contribution in [0.4, 0.5) is 0 Å². The van der Waals surface area contributed by atoms with Gasteiger partial charge < -0.3 is 20.3 Å². The lowest BCUT2D eigenvalue weighted by atomic mass is 9.97. The van der Waals surface area contributed by atoms with Crippen molar-refractivity contribution in [1.82, 2.24) is 19.9 Å². The van der Waals surface area contributed by atoms with E-state index in [-0.39, 0.29) is 18.8 Å². The number of fused-ring (bicyclic) bond motifs is 2. The Hall–Kier alpha value is -3.86. The first kappa shape index (κ1) is 22.0. The zero-order valence-corrected chi connectivity index (χ0v) is 17.9. The molecule has 1 aliphatic heterocycles. The molecule has 1 saturated heterocycles. The third-order valence-corrected chi connectivity index (χ3v) is 6.11. The summed E-state index contributed by atoms with van der Waals surface area (Å²) in [6.45, 7) is -0.185. The largest absolute Gasteiger partial charge is 0.388 e. The minimum Gasteiger partial charge on any atom is -0.388 e. The number of amides is 1. The Bertz CT molecular complexity index is 1490. The van der Waals surface area contributed by atoms with Crippen molar-refractivity contribution in [2.24, 2.45) is 0 Å². The lowest BCUT2D eigenvalue weighted by Crippen LogP contribution is -2.60. The van der Waals surface area contributed by atoms with E-state index in [1.54, 1.807) is 42.5 Å². The van der Waals surface area contributed by atoms with E-state index in [1.807, 2.05) is 12.1 Å². The molecule has 0 unspecified atom stereocenters. The number of aliphatic hydroxyl groups excluding tert-OH is 2. The van der Waals surface area contributed by atoms with Crippen LogP contribution in [0.1, 0.15) is 10.5 Å². The first-order valence-corrected chi connectivity index (χ1v) is 10.8. The van der Waals surface area contributed by atoms with Crippen LogP contribution < -0.4 is 16.6 Å². The van der Waals surface area contributed by atoms with Crippen molar-refractivity contribution in [2.45, 2.75) is 30.9 Å². The van der Waals surface area contributed by atoms with Gasteiger partial charge >= 0.3 is 5.69 Å². The number of hydrogen-bond acceptors (Lipinski definition) is 7. The second kappa shape index (κ2) is 8.82. The second-order valence-corrected chi connectivity index (χ2v) is 8.20. The zero-order chi connectivity index (χ0) is 23.8. The lowest BCUT2D eigenvalue weighted by molar-refractivity contribution is -0.152. The average molecular weight is 462 g/mol. The molecular formula is C24H22N4O6. The highest BCUT2D eigenvalue weighted by Crippen LogP contribution is 2.20. The zero-order valence-electron chi connectivity index (χ0n) is 17.9. The molecule has 3 heterocycles. The summed E-state index contributed by atoms with van der Waals surface area (Å²) in [4.78, 5) is 43.8. The summed E-state index contributed by atoms with van der Waals surface area (Å²) in [5.74, 6) is -0.502. The molecule has 0 spiro atoms. The number of nitrogens with one attached hydrogen (secondary N) is 2. The van der Waals surface area contributed by atoms with Crippen molar-refractivity contribution in [2.75, 3.05) is 6.61 Å². The van der Waals surface area contributed by atoms with E-state index in [4.69, 9.17) is 4.74 Å². The van der Waals surface area contributed by atoms with Crippen LogP contribution in [0.25, 0.3) is 21.7 Å². The number of nitrogens with zero attached hydrogens (tertiary/aromatic N) is 2. The van der Waals surface area contributed by atoms with Gasteiger partial charge in [0, 0.05) is 11.6 Å². The van der Waals surface area contributed by atoms with Gasteiger partial charge in [-0.05, 0) is 23.6 Å². The van der Waals surface area contributed by atoms with E-state index in [1.165, 1.54) is 10.8 Å². The highest BCUT2D eigenvalue weighted by atomic mass is 16.5. The number of carbonyl (C=O) groups excluding carboxylic acids is 1. The quantitative estimate of drug-likeness (QED) is 0.338. The molecule has 0 radical (unpaired) electrons. The Morgan fingerprint density at radius 1 is 1.06 bits per heavy atom. The predicted octanol–water partition coefficient (Wildman–Crippen LogP) is 0.157. The molecule has 1 fully saturated rings. The first-order chi connectivity index (χ1) is 16.4. The highest BCUT2D eigenvalue weighted by Gasteiger charge is 2.39.